The van der Waals surface area contributed by atoms with Crippen molar-refractivity contribution < 1.29 is 18.1 Å². The number of sulfonamides is 1. The Morgan fingerprint density at radius 1 is 1.17 bits per heavy atom. The SMILES string of the molecule is Cc1c(NC(=O)c2ccc(S(=O)(=O)N3CCCC[C@@H]3C)cc2)cccc1[N+](=O)[O-]. The average Bonchev–Trinajstić information content (AvgIpc) is 2.69. The number of amides is 1. The number of benzene rings is 2. The van der Waals surface area contributed by atoms with Crippen LogP contribution in [0.15, 0.2) is 47.4 Å². The summed E-state index contributed by atoms with van der Waals surface area (Å²) in [6.07, 6.45) is 2.69. The van der Waals surface area contributed by atoms with Crippen molar-refractivity contribution in [3.8, 4) is 0 Å². The minimum Gasteiger partial charge on any atom is -0.321 e. The van der Waals surface area contributed by atoms with E-state index >= 15 is 0 Å². The Morgan fingerprint density at radius 3 is 2.48 bits per heavy atom. The normalized spacial score (nSPS) is 17.7. The molecule has 1 N–H and O–H groups in total. The van der Waals surface area contributed by atoms with E-state index in [0.29, 0.717) is 17.8 Å². The van der Waals surface area contributed by atoms with Gasteiger partial charge in [-0.2, -0.15) is 4.31 Å². The number of anilines is 1. The predicted molar refractivity (Wildman–Crippen MR) is 109 cm³/mol. The molecule has 1 atom stereocenters. The van der Waals surface area contributed by atoms with Crippen LogP contribution in [0.1, 0.15) is 42.1 Å². The first-order valence-electron chi connectivity index (χ1n) is 9.39. The van der Waals surface area contributed by atoms with Crippen LogP contribution < -0.4 is 5.32 Å². The Labute approximate surface area is 169 Å². The summed E-state index contributed by atoms with van der Waals surface area (Å²) in [6.45, 7) is 3.96. The smallest absolute Gasteiger partial charge is 0.274 e. The van der Waals surface area contributed by atoms with Gasteiger partial charge in [0.2, 0.25) is 10.0 Å². The molecule has 2 aromatic carbocycles. The summed E-state index contributed by atoms with van der Waals surface area (Å²) in [5.74, 6) is -0.469. The van der Waals surface area contributed by atoms with Gasteiger partial charge in [-0.15, -0.1) is 0 Å². The second-order valence-corrected chi connectivity index (χ2v) is 9.04. The fraction of sp³-hybridized carbons (Fsp3) is 0.350. The van der Waals surface area contributed by atoms with Crippen LogP contribution in [0.5, 0.6) is 0 Å². The first-order valence-corrected chi connectivity index (χ1v) is 10.8. The molecule has 1 aliphatic rings. The highest BCUT2D eigenvalue weighted by atomic mass is 32.2. The summed E-state index contributed by atoms with van der Waals surface area (Å²) in [4.78, 5) is 23.2. The number of nitro benzene ring substituents is 1. The van der Waals surface area contributed by atoms with Gasteiger partial charge >= 0.3 is 0 Å². The third-order valence-corrected chi connectivity index (χ3v) is 7.24. The van der Waals surface area contributed by atoms with Crippen LogP contribution in [0.25, 0.3) is 0 Å². The molecular formula is C20H23N3O5S. The monoisotopic (exact) mass is 417 g/mol. The van der Waals surface area contributed by atoms with Crippen molar-refractivity contribution in [1.82, 2.24) is 4.31 Å². The quantitative estimate of drug-likeness (QED) is 0.589. The van der Waals surface area contributed by atoms with Gasteiger partial charge in [0.15, 0.2) is 0 Å². The molecule has 1 fully saturated rings. The van der Waals surface area contributed by atoms with E-state index < -0.39 is 20.9 Å². The molecule has 8 nitrogen and oxygen atoms in total. The van der Waals surface area contributed by atoms with Gasteiger partial charge in [0.05, 0.1) is 21.1 Å². The van der Waals surface area contributed by atoms with Gasteiger partial charge in [-0.1, -0.05) is 12.5 Å². The minimum absolute atomic E-state index is 0.0476. The first kappa shape index (κ1) is 20.9. The Kier molecular flexibility index (Phi) is 5.99. The molecule has 1 aliphatic heterocycles. The highest BCUT2D eigenvalue weighted by Crippen LogP contribution is 2.27. The zero-order valence-corrected chi connectivity index (χ0v) is 17.1. The van der Waals surface area contributed by atoms with Crippen molar-refractivity contribution in [3.05, 3.63) is 63.7 Å². The maximum Gasteiger partial charge on any atom is 0.274 e. The van der Waals surface area contributed by atoms with E-state index in [0.717, 1.165) is 19.3 Å². The van der Waals surface area contributed by atoms with E-state index in [9.17, 15) is 23.3 Å². The molecule has 2 aromatic rings. The average molecular weight is 417 g/mol. The molecule has 1 amide bonds. The number of piperidine rings is 1. The van der Waals surface area contributed by atoms with Crippen molar-refractivity contribution in [3.63, 3.8) is 0 Å². The van der Waals surface area contributed by atoms with Crippen LogP contribution in [-0.2, 0) is 10.0 Å². The highest BCUT2D eigenvalue weighted by Gasteiger charge is 2.31. The molecule has 0 aromatic heterocycles. The van der Waals surface area contributed by atoms with Crippen LogP contribution in [0.4, 0.5) is 11.4 Å². The lowest BCUT2D eigenvalue weighted by Gasteiger charge is -2.32. The van der Waals surface area contributed by atoms with E-state index in [1.165, 1.54) is 40.7 Å². The largest absolute Gasteiger partial charge is 0.321 e. The molecule has 29 heavy (non-hydrogen) atoms. The molecule has 0 unspecified atom stereocenters. The Bertz CT molecular complexity index is 1030. The van der Waals surface area contributed by atoms with Gasteiger partial charge < -0.3 is 5.32 Å². The molecule has 0 spiro atoms. The standard InChI is InChI=1S/C20H23N3O5S/c1-14-6-3-4-13-22(14)29(27,28)17-11-9-16(10-12-17)20(24)21-18-7-5-8-19(15(18)2)23(25)26/h5,7-12,14H,3-4,6,13H2,1-2H3,(H,21,24)/t14-/m0/s1. The van der Waals surface area contributed by atoms with Crippen LogP contribution >= 0.6 is 0 Å². The molecule has 1 heterocycles. The van der Waals surface area contributed by atoms with Crippen LogP contribution in [0.3, 0.4) is 0 Å². The van der Waals surface area contributed by atoms with Gasteiger partial charge in [0, 0.05) is 24.2 Å². The molecule has 154 valence electrons. The van der Waals surface area contributed by atoms with Crippen molar-refractivity contribution in [2.24, 2.45) is 0 Å². The highest BCUT2D eigenvalue weighted by molar-refractivity contribution is 7.89. The summed E-state index contributed by atoms with van der Waals surface area (Å²) >= 11 is 0. The minimum atomic E-state index is -3.61. The van der Waals surface area contributed by atoms with E-state index in [1.54, 1.807) is 13.0 Å². The van der Waals surface area contributed by atoms with Gasteiger partial charge in [0.1, 0.15) is 0 Å². The van der Waals surface area contributed by atoms with Gasteiger partial charge in [-0.25, -0.2) is 8.42 Å². The lowest BCUT2D eigenvalue weighted by Crippen LogP contribution is -2.41. The summed E-state index contributed by atoms with van der Waals surface area (Å²) in [5, 5.41) is 13.7. The lowest BCUT2D eigenvalue weighted by molar-refractivity contribution is -0.385. The van der Waals surface area contributed by atoms with Crippen molar-refractivity contribution in [2.45, 2.75) is 44.0 Å². The molecule has 9 heteroatoms. The molecule has 3 rings (SSSR count). The Hall–Kier alpha value is -2.78. The summed E-state index contributed by atoms with van der Waals surface area (Å²) in [7, 11) is -3.61. The zero-order valence-electron chi connectivity index (χ0n) is 16.3. The van der Waals surface area contributed by atoms with Gasteiger partial charge in [-0.05, 0) is 57.0 Å². The van der Waals surface area contributed by atoms with Crippen molar-refractivity contribution >= 4 is 27.3 Å². The first-order chi connectivity index (χ1) is 13.7. The second kappa shape index (κ2) is 8.30. The number of hydrogen-bond acceptors (Lipinski definition) is 5. The molecule has 0 aliphatic carbocycles. The summed E-state index contributed by atoms with van der Waals surface area (Å²) < 4.78 is 27.3. The third-order valence-electron chi connectivity index (χ3n) is 5.22. The summed E-state index contributed by atoms with van der Waals surface area (Å²) in [5.41, 5.74) is 0.869. The lowest BCUT2D eigenvalue weighted by atomic mass is 10.1. The molecule has 0 bridgehead atoms. The van der Waals surface area contributed by atoms with Crippen molar-refractivity contribution in [2.75, 3.05) is 11.9 Å². The maximum absolute atomic E-state index is 12.9. The number of rotatable bonds is 5. The number of carbonyl (C=O) groups is 1. The molecule has 1 saturated heterocycles. The topological polar surface area (TPSA) is 110 Å². The number of carbonyl (C=O) groups excluding carboxylic acids is 1. The van der Waals surface area contributed by atoms with Crippen LogP contribution in [-0.4, -0.2) is 36.1 Å². The number of nitrogens with zero attached hydrogens (tertiary/aromatic N) is 2. The number of nitrogens with one attached hydrogen (secondary N) is 1. The zero-order chi connectivity index (χ0) is 21.2. The number of hydrogen-bond donors (Lipinski definition) is 1. The Balaban J connectivity index is 1.79. The maximum atomic E-state index is 12.9. The van der Waals surface area contributed by atoms with E-state index in [1.807, 2.05) is 6.92 Å². The van der Waals surface area contributed by atoms with Crippen molar-refractivity contribution in [1.29, 1.82) is 0 Å². The fourth-order valence-electron chi connectivity index (χ4n) is 3.49. The molecule has 0 saturated carbocycles. The third kappa shape index (κ3) is 4.30. The number of nitro groups is 1. The molecule has 0 radical (unpaired) electrons. The fourth-order valence-corrected chi connectivity index (χ4v) is 5.19. The van der Waals surface area contributed by atoms with E-state index in [-0.39, 0.29) is 22.2 Å². The second-order valence-electron chi connectivity index (χ2n) is 7.15. The summed E-state index contributed by atoms with van der Waals surface area (Å²) in [6, 6.07) is 10.1. The predicted octanol–water partition coefficient (Wildman–Crippen LogP) is 3.72. The van der Waals surface area contributed by atoms with E-state index in [2.05, 4.69) is 5.32 Å². The van der Waals surface area contributed by atoms with Crippen LogP contribution in [0.2, 0.25) is 0 Å². The Morgan fingerprint density at radius 2 is 1.86 bits per heavy atom. The van der Waals surface area contributed by atoms with E-state index in [4.69, 9.17) is 0 Å². The van der Waals surface area contributed by atoms with Gasteiger partial charge in [0.25, 0.3) is 11.6 Å². The molecular weight excluding hydrogens is 394 g/mol. The van der Waals surface area contributed by atoms with Gasteiger partial charge in [-0.3, -0.25) is 14.9 Å². The van der Waals surface area contributed by atoms with Crippen LogP contribution in [0, 0.1) is 17.0 Å².